The molecule has 0 atom stereocenters. The van der Waals surface area contributed by atoms with Crippen molar-refractivity contribution in [3.05, 3.63) is 47.5 Å². The van der Waals surface area contributed by atoms with Crippen molar-refractivity contribution in [2.24, 2.45) is 0 Å². The zero-order valence-corrected chi connectivity index (χ0v) is 20.5. The van der Waals surface area contributed by atoms with E-state index in [2.05, 4.69) is 15.4 Å². The maximum Gasteiger partial charge on any atom is 0.328 e. The van der Waals surface area contributed by atoms with Crippen LogP contribution in [0.1, 0.15) is 43.1 Å². The first-order valence-electron chi connectivity index (χ1n) is 10.5. The lowest BCUT2D eigenvalue weighted by Gasteiger charge is -2.30. The number of nitrogens with zero attached hydrogens (tertiary/aromatic N) is 1. The molecule has 0 radical (unpaired) electrons. The number of imide groups is 1. The summed E-state index contributed by atoms with van der Waals surface area (Å²) >= 11 is 0. The molecule has 0 unspecified atom stereocenters. The van der Waals surface area contributed by atoms with E-state index in [1.165, 1.54) is 36.3 Å². The Bertz CT molecular complexity index is 1230. The number of amides is 4. The van der Waals surface area contributed by atoms with Crippen LogP contribution in [0.2, 0.25) is 0 Å². The van der Waals surface area contributed by atoms with Crippen molar-refractivity contribution < 1.29 is 27.5 Å². The molecule has 182 valence electrons. The Morgan fingerprint density at radius 1 is 1.12 bits per heavy atom. The van der Waals surface area contributed by atoms with Crippen molar-refractivity contribution >= 4 is 44.9 Å². The van der Waals surface area contributed by atoms with Crippen LogP contribution in [0.15, 0.2) is 36.4 Å². The lowest BCUT2D eigenvalue weighted by molar-refractivity contribution is -0.120. The van der Waals surface area contributed by atoms with Gasteiger partial charge in [0.1, 0.15) is 5.75 Å². The number of nitrogens with one attached hydrogen (secondary N) is 3. The molecule has 1 aliphatic heterocycles. The minimum Gasteiger partial charge on any atom is -0.494 e. The van der Waals surface area contributed by atoms with Gasteiger partial charge >= 0.3 is 6.03 Å². The number of rotatable bonds is 6. The van der Waals surface area contributed by atoms with Crippen molar-refractivity contribution in [2.75, 3.05) is 34.8 Å². The number of hydrogen-bond donors (Lipinski definition) is 3. The van der Waals surface area contributed by atoms with Crippen LogP contribution in [-0.2, 0) is 20.2 Å². The predicted octanol–water partition coefficient (Wildman–Crippen LogP) is 3.06. The van der Waals surface area contributed by atoms with Crippen LogP contribution in [0.25, 0.3) is 0 Å². The van der Waals surface area contributed by atoms with Gasteiger partial charge in [-0.25, -0.2) is 13.2 Å². The molecule has 34 heavy (non-hydrogen) atoms. The van der Waals surface area contributed by atoms with Gasteiger partial charge in [-0.05, 0) is 41.8 Å². The van der Waals surface area contributed by atoms with E-state index in [1.807, 2.05) is 26.8 Å². The second-order valence-corrected chi connectivity index (χ2v) is 10.7. The zero-order chi connectivity index (χ0) is 25.3. The van der Waals surface area contributed by atoms with Crippen LogP contribution in [-0.4, -0.2) is 46.2 Å². The second-order valence-electron chi connectivity index (χ2n) is 8.98. The SMILES string of the molecule is COc1c(NC(=O)c2ccc(NS(C)(=O)=O)cc2)cc(N2CCC(=O)NC2=O)cc1C(C)(C)C. The van der Waals surface area contributed by atoms with Gasteiger partial charge in [0, 0.05) is 35.5 Å². The number of benzene rings is 2. The summed E-state index contributed by atoms with van der Waals surface area (Å²) in [6, 6.07) is 8.86. The smallest absolute Gasteiger partial charge is 0.328 e. The van der Waals surface area contributed by atoms with Crippen molar-refractivity contribution in [1.29, 1.82) is 0 Å². The minimum absolute atomic E-state index is 0.165. The Morgan fingerprint density at radius 3 is 2.29 bits per heavy atom. The van der Waals surface area contributed by atoms with E-state index in [-0.39, 0.29) is 24.3 Å². The summed E-state index contributed by atoms with van der Waals surface area (Å²) in [5, 5.41) is 5.14. The first-order valence-corrected chi connectivity index (χ1v) is 12.4. The Morgan fingerprint density at radius 2 is 1.76 bits per heavy atom. The maximum absolute atomic E-state index is 13.0. The standard InChI is InChI=1S/C23H28N4O6S/c1-23(2,3)17-12-16(27-11-10-19(28)25-22(27)30)13-18(20(17)33-4)24-21(29)14-6-8-15(9-7-14)26-34(5,31)32/h6-9,12-13,26H,10-11H2,1-5H3,(H,24,29)(H,25,28,30). The highest BCUT2D eigenvalue weighted by Crippen LogP contribution is 2.41. The third-order valence-electron chi connectivity index (χ3n) is 5.15. The highest BCUT2D eigenvalue weighted by atomic mass is 32.2. The summed E-state index contributed by atoms with van der Waals surface area (Å²) in [4.78, 5) is 38.4. The lowest BCUT2D eigenvalue weighted by atomic mass is 9.85. The molecule has 0 saturated carbocycles. The van der Waals surface area contributed by atoms with Crippen LogP contribution in [0.5, 0.6) is 5.75 Å². The number of methoxy groups -OCH3 is 1. The predicted molar refractivity (Wildman–Crippen MR) is 130 cm³/mol. The average Bonchev–Trinajstić information content (AvgIpc) is 2.72. The minimum atomic E-state index is -3.44. The fourth-order valence-electron chi connectivity index (χ4n) is 3.55. The molecule has 4 amide bonds. The zero-order valence-electron chi connectivity index (χ0n) is 19.7. The molecule has 0 aliphatic carbocycles. The Kier molecular flexibility index (Phi) is 6.87. The fourth-order valence-corrected chi connectivity index (χ4v) is 4.11. The quantitative estimate of drug-likeness (QED) is 0.572. The molecule has 0 spiro atoms. The van der Waals surface area contributed by atoms with Crippen molar-refractivity contribution in [1.82, 2.24) is 5.32 Å². The van der Waals surface area contributed by atoms with Gasteiger partial charge in [-0.15, -0.1) is 0 Å². The molecule has 3 rings (SSSR count). The highest BCUT2D eigenvalue weighted by Gasteiger charge is 2.29. The Hall–Kier alpha value is -3.60. The summed E-state index contributed by atoms with van der Waals surface area (Å²) in [7, 11) is -1.94. The third-order valence-corrected chi connectivity index (χ3v) is 5.76. The molecular formula is C23H28N4O6S. The molecule has 11 heteroatoms. The van der Waals surface area contributed by atoms with E-state index >= 15 is 0 Å². The van der Waals surface area contributed by atoms with Gasteiger partial charge in [-0.3, -0.25) is 24.5 Å². The van der Waals surface area contributed by atoms with Gasteiger partial charge < -0.3 is 10.1 Å². The summed E-state index contributed by atoms with van der Waals surface area (Å²) in [5.41, 5.74) is 1.88. The monoisotopic (exact) mass is 488 g/mol. The van der Waals surface area contributed by atoms with Gasteiger partial charge in [0.25, 0.3) is 5.91 Å². The summed E-state index contributed by atoms with van der Waals surface area (Å²) < 4.78 is 30.8. The van der Waals surface area contributed by atoms with Crippen LogP contribution >= 0.6 is 0 Å². The average molecular weight is 489 g/mol. The largest absolute Gasteiger partial charge is 0.494 e. The number of urea groups is 1. The van der Waals surface area contributed by atoms with E-state index in [1.54, 1.807) is 6.07 Å². The molecule has 1 fully saturated rings. The Labute approximate surface area is 198 Å². The van der Waals surface area contributed by atoms with Crippen molar-refractivity contribution in [3.63, 3.8) is 0 Å². The molecule has 1 saturated heterocycles. The Balaban J connectivity index is 1.98. The van der Waals surface area contributed by atoms with E-state index in [4.69, 9.17) is 4.74 Å². The number of sulfonamides is 1. The molecule has 3 N–H and O–H groups in total. The molecular weight excluding hydrogens is 460 g/mol. The van der Waals surface area contributed by atoms with Gasteiger partial charge in [0.2, 0.25) is 15.9 Å². The molecule has 1 aliphatic rings. The summed E-state index contributed by atoms with van der Waals surface area (Å²) in [5.74, 6) is -0.332. The molecule has 1 heterocycles. The van der Waals surface area contributed by atoms with Crippen molar-refractivity contribution in [2.45, 2.75) is 32.6 Å². The van der Waals surface area contributed by atoms with Crippen molar-refractivity contribution in [3.8, 4) is 5.75 Å². The number of carbonyl (C=O) groups is 3. The van der Waals surface area contributed by atoms with Crippen LogP contribution in [0.4, 0.5) is 21.9 Å². The summed E-state index contributed by atoms with van der Waals surface area (Å²) in [6.07, 6.45) is 1.20. The fraction of sp³-hybridized carbons (Fsp3) is 0.348. The molecule has 0 bridgehead atoms. The molecule has 10 nitrogen and oxygen atoms in total. The number of ether oxygens (including phenoxy) is 1. The molecule has 2 aromatic rings. The number of carbonyl (C=O) groups excluding carboxylic acids is 3. The van der Waals surface area contributed by atoms with Crippen LogP contribution in [0, 0.1) is 0 Å². The molecule has 0 aromatic heterocycles. The van der Waals surface area contributed by atoms with Gasteiger partial charge in [0.15, 0.2) is 0 Å². The van der Waals surface area contributed by atoms with Gasteiger partial charge in [-0.1, -0.05) is 20.8 Å². The van der Waals surface area contributed by atoms with E-state index in [9.17, 15) is 22.8 Å². The van der Waals surface area contributed by atoms with Gasteiger partial charge in [-0.2, -0.15) is 0 Å². The normalized spacial score (nSPS) is 14.4. The first kappa shape index (κ1) is 25.0. The van der Waals surface area contributed by atoms with E-state index in [0.29, 0.717) is 28.4 Å². The van der Waals surface area contributed by atoms with E-state index < -0.39 is 22.0 Å². The number of anilines is 3. The van der Waals surface area contributed by atoms with E-state index in [0.717, 1.165) is 11.8 Å². The van der Waals surface area contributed by atoms with Crippen LogP contribution in [0.3, 0.4) is 0 Å². The topological polar surface area (TPSA) is 134 Å². The summed E-state index contributed by atoms with van der Waals surface area (Å²) in [6.45, 7) is 6.15. The maximum atomic E-state index is 13.0. The highest BCUT2D eigenvalue weighted by molar-refractivity contribution is 7.92. The van der Waals surface area contributed by atoms with Gasteiger partial charge in [0.05, 0.1) is 19.1 Å². The first-order chi connectivity index (χ1) is 15.8. The van der Waals surface area contributed by atoms with Crippen LogP contribution < -0.4 is 25.0 Å². The number of hydrogen-bond acceptors (Lipinski definition) is 6. The molecule has 2 aromatic carbocycles. The second kappa shape index (κ2) is 9.34. The lowest BCUT2D eigenvalue weighted by Crippen LogP contribution is -2.49. The third kappa shape index (κ3) is 5.84.